The number of carbonyl (C=O) groups excluding carboxylic acids is 1. The van der Waals surface area contributed by atoms with E-state index in [9.17, 15) is 4.79 Å². The molecule has 6 nitrogen and oxygen atoms in total. The number of amides is 2. The predicted octanol–water partition coefficient (Wildman–Crippen LogP) is 3.46. The molecule has 116 valence electrons. The zero-order chi connectivity index (χ0) is 16.3. The van der Waals surface area contributed by atoms with Gasteiger partial charge in [-0.3, -0.25) is 0 Å². The highest BCUT2D eigenvalue weighted by Crippen LogP contribution is 2.22. The van der Waals surface area contributed by atoms with Crippen molar-refractivity contribution in [3.8, 4) is 0 Å². The highest BCUT2D eigenvalue weighted by atomic mass is 35.5. The number of aromatic nitrogens is 2. The Morgan fingerprint density at radius 3 is 2.23 bits per heavy atom. The standard InChI is InChI=1S/C15H18ClN5O/c1-9-13(10(2)18-14(17-9)21(3)4)20-15(22)19-12-8-6-5-7-11(12)16/h5-8H,1-4H3,(H2,19,20,22). The minimum atomic E-state index is -0.388. The first-order valence-corrected chi connectivity index (χ1v) is 7.11. The lowest BCUT2D eigenvalue weighted by Crippen LogP contribution is -2.22. The molecule has 0 fully saturated rings. The zero-order valence-corrected chi connectivity index (χ0v) is 13.7. The van der Waals surface area contributed by atoms with Crippen molar-refractivity contribution in [1.82, 2.24) is 9.97 Å². The number of aryl methyl sites for hydroxylation is 2. The number of rotatable bonds is 3. The van der Waals surface area contributed by atoms with Gasteiger partial charge in [0, 0.05) is 14.1 Å². The summed E-state index contributed by atoms with van der Waals surface area (Å²) < 4.78 is 0. The number of hydrogen-bond acceptors (Lipinski definition) is 4. The first kappa shape index (κ1) is 16.0. The molecule has 1 aromatic heterocycles. The predicted molar refractivity (Wildman–Crippen MR) is 89.9 cm³/mol. The first-order valence-electron chi connectivity index (χ1n) is 6.73. The molecule has 1 aromatic carbocycles. The van der Waals surface area contributed by atoms with Crippen LogP contribution in [0.2, 0.25) is 5.02 Å². The third kappa shape index (κ3) is 3.65. The third-order valence-corrected chi connectivity index (χ3v) is 3.35. The van der Waals surface area contributed by atoms with Gasteiger partial charge in [0.15, 0.2) is 0 Å². The molecule has 2 amide bonds. The SMILES string of the molecule is Cc1nc(N(C)C)nc(C)c1NC(=O)Nc1ccccc1Cl. The van der Waals surface area contributed by atoms with E-state index in [4.69, 9.17) is 11.6 Å². The van der Waals surface area contributed by atoms with Crippen LogP contribution in [0.3, 0.4) is 0 Å². The van der Waals surface area contributed by atoms with Gasteiger partial charge in [0.1, 0.15) is 0 Å². The molecule has 1 heterocycles. The maximum absolute atomic E-state index is 12.1. The molecule has 0 aliphatic heterocycles. The quantitative estimate of drug-likeness (QED) is 0.909. The van der Waals surface area contributed by atoms with E-state index in [1.54, 1.807) is 24.3 Å². The number of anilines is 3. The summed E-state index contributed by atoms with van der Waals surface area (Å²) in [6.45, 7) is 3.65. The van der Waals surface area contributed by atoms with Gasteiger partial charge in [-0.1, -0.05) is 23.7 Å². The summed E-state index contributed by atoms with van der Waals surface area (Å²) in [6.07, 6.45) is 0. The second-order valence-electron chi connectivity index (χ2n) is 5.02. The Morgan fingerprint density at radius 1 is 1.09 bits per heavy atom. The summed E-state index contributed by atoms with van der Waals surface area (Å²) in [4.78, 5) is 22.6. The Labute approximate surface area is 134 Å². The van der Waals surface area contributed by atoms with Crippen LogP contribution in [0.5, 0.6) is 0 Å². The van der Waals surface area contributed by atoms with Crippen LogP contribution in [-0.2, 0) is 0 Å². The molecule has 0 unspecified atom stereocenters. The average Bonchev–Trinajstić information content (AvgIpc) is 2.45. The van der Waals surface area contributed by atoms with Crippen LogP contribution in [0.1, 0.15) is 11.4 Å². The van der Waals surface area contributed by atoms with Crippen LogP contribution >= 0.6 is 11.6 Å². The van der Waals surface area contributed by atoms with Gasteiger partial charge in [-0.05, 0) is 26.0 Å². The Balaban J connectivity index is 2.17. The number of hydrogen-bond donors (Lipinski definition) is 2. The molecular weight excluding hydrogens is 302 g/mol. The number of benzene rings is 1. The third-order valence-electron chi connectivity index (χ3n) is 3.02. The highest BCUT2D eigenvalue weighted by molar-refractivity contribution is 6.33. The van der Waals surface area contributed by atoms with Crippen LogP contribution in [0.4, 0.5) is 22.1 Å². The summed E-state index contributed by atoms with van der Waals surface area (Å²) in [5.41, 5.74) is 2.54. The fourth-order valence-corrected chi connectivity index (χ4v) is 2.09. The smallest absolute Gasteiger partial charge is 0.323 e. The van der Waals surface area contributed by atoms with Gasteiger partial charge in [-0.2, -0.15) is 0 Å². The molecule has 0 saturated carbocycles. The summed E-state index contributed by atoms with van der Waals surface area (Å²) in [6, 6.07) is 6.65. The molecule has 22 heavy (non-hydrogen) atoms. The van der Waals surface area contributed by atoms with Gasteiger partial charge in [0.2, 0.25) is 5.95 Å². The topological polar surface area (TPSA) is 70.2 Å². The second kappa shape index (κ2) is 6.62. The van der Waals surface area contributed by atoms with Crippen molar-refractivity contribution < 1.29 is 4.79 Å². The number of carbonyl (C=O) groups is 1. The Morgan fingerprint density at radius 2 is 1.68 bits per heavy atom. The number of urea groups is 1. The summed E-state index contributed by atoms with van der Waals surface area (Å²) >= 11 is 6.02. The summed E-state index contributed by atoms with van der Waals surface area (Å²) in [7, 11) is 3.73. The van der Waals surface area contributed by atoms with Gasteiger partial charge < -0.3 is 15.5 Å². The minimum Gasteiger partial charge on any atom is -0.347 e. The van der Waals surface area contributed by atoms with E-state index < -0.39 is 0 Å². The van der Waals surface area contributed by atoms with Crippen molar-refractivity contribution >= 4 is 35.0 Å². The monoisotopic (exact) mass is 319 g/mol. The van der Waals surface area contributed by atoms with Crippen LogP contribution in [0.25, 0.3) is 0 Å². The van der Waals surface area contributed by atoms with Crippen LogP contribution in [0, 0.1) is 13.8 Å². The highest BCUT2D eigenvalue weighted by Gasteiger charge is 2.13. The average molecular weight is 320 g/mol. The van der Waals surface area contributed by atoms with E-state index in [0.29, 0.717) is 33.7 Å². The number of para-hydroxylation sites is 1. The van der Waals surface area contributed by atoms with Crippen LogP contribution in [0.15, 0.2) is 24.3 Å². The van der Waals surface area contributed by atoms with Crippen molar-refractivity contribution in [2.24, 2.45) is 0 Å². The lowest BCUT2D eigenvalue weighted by Gasteiger charge is -2.16. The number of nitrogens with one attached hydrogen (secondary N) is 2. The van der Waals surface area contributed by atoms with Gasteiger partial charge in [-0.15, -0.1) is 0 Å². The molecule has 0 aliphatic rings. The van der Waals surface area contributed by atoms with Crippen molar-refractivity contribution in [1.29, 1.82) is 0 Å². The van der Waals surface area contributed by atoms with Gasteiger partial charge >= 0.3 is 6.03 Å². The lowest BCUT2D eigenvalue weighted by molar-refractivity contribution is 0.262. The largest absolute Gasteiger partial charge is 0.347 e. The summed E-state index contributed by atoms with van der Waals surface area (Å²) in [5.74, 6) is 0.604. The van der Waals surface area contributed by atoms with E-state index in [2.05, 4.69) is 20.6 Å². The number of nitrogens with zero attached hydrogens (tertiary/aromatic N) is 3. The van der Waals surface area contributed by atoms with E-state index >= 15 is 0 Å². The fraction of sp³-hybridized carbons (Fsp3) is 0.267. The fourth-order valence-electron chi connectivity index (χ4n) is 1.91. The minimum absolute atomic E-state index is 0.388. The lowest BCUT2D eigenvalue weighted by atomic mass is 10.3. The molecule has 0 saturated heterocycles. The molecule has 2 aromatic rings. The molecule has 2 N–H and O–H groups in total. The normalized spacial score (nSPS) is 10.2. The maximum Gasteiger partial charge on any atom is 0.323 e. The second-order valence-corrected chi connectivity index (χ2v) is 5.43. The molecule has 0 radical (unpaired) electrons. The number of halogens is 1. The molecule has 0 atom stereocenters. The Bertz CT molecular complexity index is 679. The van der Waals surface area contributed by atoms with E-state index in [-0.39, 0.29) is 6.03 Å². The van der Waals surface area contributed by atoms with Crippen LogP contribution in [-0.4, -0.2) is 30.1 Å². The van der Waals surface area contributed by atoms with Crippen molar-refractivity contribution in [3.05, 3.63) is 40.7 Å². The molecule has 2 rings (SSSR count). The zero-order valence-electron chi connectivity index (χ0n) is 12.9. The summed E-state index contributed by atoms with van der Waals surface area (Å²) in [5, 5.41) is 5.95. The van der Waals surface area contributed by atoms with Gasteiger partial charge in [0.05, 0.1) is 27.8 Å². The van der Waals surface area contributed by atoms with E-state index in [1.807, 2.05) is 32.8 Å². The van der Waals surface area contributed by atoms with Gasteiger partial charge in [-0.25, -0.2) is 14.8 Å². The van der Waals surface area contributed by atoms with Crippen molar-refractivity contribution in [2.75, 3.05) is 29.6 Å². The molecule has 0 spiro atoms. The molecule has 0 aliphatic carbocycles. The Kier molecular flexibility index (Phi) is 4.82. The van der Waals surface area contributed by atoms with E-state index in [1.165, 1.54) is 0 Å². The van der Waals surface area contributed by atoms with Crippen LogP contribution < -0.4 is 15.5 Å². The first-order chi connectivity index (χ1) is 10.4. The van der Waals surface area contributed by atoms with Gasteiger partial charge in [0.25, 0.3) is 0 Å². The molecule has 7 heteroatoms. The Hall–Kier alpha value is -2.34. The van der Waals surface area contributed by atoms with Crippen molar-refractivity contribution in [2.45, 2.75) is 13.8 Å². The molecule has 0 bridgehead atoms. The van der Waals surface area contributed by atoms with E-state index in [0.717, 1.165) is 0 Å². The maximum atomic E-state index is 12.1. The molecular formula is C15H18ClN5O. The van der Waals surface area contributed by atoms with Crippen molar-refractivity contribution in [3.63, 3.8) is 0 Å².